The number of carboxylic acid groups (broad SMARTS) is 1. The lowest BCUT2D eigenvalue weighted by atomic mass is 9.46. The van der Waals surface area contributed by atoms with Crippen molar-refractivity contribution in [2.45, 2.75) is 77.7 Å². The number of amides is 1. The number of rotatable bonds is 5. The zero-order valence-electron chi connectivity index (χ0n) is 18.9. The summed E-state index contributed by atoms with van der Waals surface area (Å²) >= 11 is 0. The van der Waals surface area contributed by atoms with Gasteiger partial charge < -0.3 is 20.4 Å². The van der Waals surface area contributed by atoms with Crippen molar-refractivity contribution in [3.05, 3.63) is 11.6 Å². The summed E-state index contributed by atoms with van der Waals surface area (Å²) in [5.41, 5.74) is 1.99. The SMILES string of the molecule is C[C@]12CCC(=NOCC(=O)NCC(=O)O)C=C1CC[C@@H]1[C@@H]2CC[C@@]2(C)[C@H]1CC[C@]2(C)O. The van der Waals surface area contributed by atoms with Crippen LogP contribution >= 0.6 is 0 Å². The smallest absolute Gasteiger partial charge is 0.322 e. The van der Waals surface area contributed by atoms with Crippen molar-refractivity contribution in [3.63, 3.8) is 0 Å². The summed E-state index contributed by atoms with van der Waals surface area (Å²) in [5, 5.41) is 26.1. The summed E-state index contributed by atoms with van der Waals surface area (Å²) in [6, 6.07) is 0. The molecule has 1 amide bonds. The maximum atomic E-state index is 11.6. The van der Waals surface area contributed by atoms with Gasteiger partial charge in [-0.15, -0.1) is 0 Å². The standard InChI is InChI=1S/C24H36N2O5/c1-22-9-6-16(26-31-14-20(27)25-13-21(28)29)12-15(22)4-5-17-18(22)7-10-23(2)19(17)8-11-24(23,3)30/h12,17-19,30H,4-11,13-14H2,1-3H3,(H,25,27)(H,28,29)/t17-,18+,19+,22+,23+,24+/m1/s1. The van der Waals surface area contributed by atoms with Crippen molar-refractivity contribution in [1.29, 1.82) is 0 Å². The molecule has 3 N–H and O–H groups in total. The summed E-state index contributed by atoms with van der Waals surface area (Å²) in [5.74, 6) is 0.377. The largest absolute Gasteiger partial charge is 0.480 e. The van der Waals surface area contributed by atoms with Crippen LogP contribution in [0.3, 0.4) is 0 Å². The maximum Gasteiger partial charge on any atom is 0.322 e. The first-order valence-electron chi connectivity index (χ1n) is 11.7. The Hall–Kier alpha value is -1.89. The van der Waals surface area contributed by atoms with Gasteiger partial charge >= 0.3 is 5.97 Å². The Bertz CT molecular complexity index is 819. The van der Waals surface area contributed by atoms with Crippen LogP contribution in [0.15, 0.2) is 16.8 Å². The summed E-state index contributed by atoms with van der Waals surface area (Å²) in [6.45, 7) is 6.10. The second kappa shape index (κ2) is 7.91. The van der Waals surface area contributed by atoms with Crippen LogP contribution in [0, 0.1) is 28.6 Å². The van der Waals surface area contributed by atoms with Gasteiger partial charge in [-0.3, -0.25) is 9.59 Å². The molecule has 3 saturated carbocycles. The zero-order chi connectivity index (χ0) is 22.4. The molecular formula is C24H36N2O5. The number of fused-ring (bicyclic) bond motifs is 5. The molecule has 0 radical (unpaired) electrons. The van der Waals surface area contributed by atoms with E-state index in [0.29, 0.717) is 17.8 Å². The molecule has 3 fully saturated rings. The lowest BCUT2D eigenvalue weighted by Gasteiger charge is -2.59. The van der Waals surface area contributed by atoms with E-state index in [1.807, 2.05) is 0 Å². The van der Waals surface area contributed by atoms with E-state index in [1.54, 1.807) is 0 Å². The third kappa shape index (κ3) is 3.79. The fraction of sp³-hybridized carbons (Fsp3) is 0.792. The lowest BCUT2D eigenvalue weighted by molar-refractivity contribution is -0.138. The van der Waals surface area contributed by atoms with Crippen LogP contribution in [-0.4, -0.2) is 46.6 Å². The van der Waals surface area contributed by atoms with E-state index in [2.05, 4.69) is 37.3 Å². The number of hydrogen-bond acceptors (Lipinski definition) is 5. The summed E-state index contributed by atoms with van der Waals surface area (Å²) in [6.07, 6.45) is 10.6. The van der Waals surface area contributed by atoms with Crippen LogP contribution in [0.1, 0.15) is 72.1 Å². The third-order valence-electron chi connectivity index (χ3n) is 9.35. The summed E-state index contributed by atoms with van der Waals surface area (Å²) < 4.78 is 0. The molecule has 0 saturated heterocycles. The molecule has 4 rings (SSSR count). The van der Waals surface area contributed by atoms with Gasteiger partial charge in [0.2, 0.25) is 0 Å². The predicted molar refractivity (Wildman–Crippen MR) is 116 cm³/mol. The monoisotopic (exact) mass is 432 g/mol. The minimum atomic E-state index is -1.09. The molecule has 6 atom stereocenters. The van der Waals surface area contributed by atoms with Crippen molar-refractivity contribution in [1.82, 2.24) is 5.32 Å². The number of allylic oxidation sites excluding steroid dienone is 2. The Morgan fingerprint density at radius 2 is 1.87 bits per heavy atom. The topological polar surface area (TPSA) is 108 Å². The highest BCUT2D eigenvalue weighted by Gasteiger charge is 2.62. The van der Waals surface area contributed by atoms with Crippen LogP contribution in [0.25, 0.3) is 0 Å². The number of oxime groups is 1. The average molecular weight is 433 g/mol. The zero-order valence-corrected chi connectivity index (χ0v) is 18.9. The molecule has 0 aromatic carbocycles. The van der Waals surface area contributed by atoms with E-state index in [-0.39, 0.29) is 17.4 Å². The molecule has 0 bridgehead atoms. The molecule has 7 heteroatoms. The van der Waals surface area contributed by atoms with Gasteiger partial charge in [0.05, 0.1) is 11.3 Å². The van der Waals surface area contributed by atoms with Gasteiger partial charge in [-0.05, 0) is 93.0 Å². The first kappa shape index (κ1) is 22.3. The molecule has 7 nitrogen and oxygen atoms in total. The first-order chi connectivity index (χ1) is 14.6. The number of nitrogens with zero attached hydrogens (tertiary/aromatic N) is 1. The van der Waals surface area contributed by atoms with E-state index >= 15 is 0 Å². The number of carboxylic acids is 1. The maximum absolute atomic E-state index is 11.6. The van der Waals surface area contributed by atoms with E-state index in [1.165, 1.54) is 18.4 Å². The second-order valence-corrected chi connectivity index (χ2v) is 10.8. The Morgan fingerprint density at radius 1 is 1.13 bits per heavy atom. The quantitative estimate of drug-likeness (QED) is 0.578. The normalized spacial score (nSPS) is 42.8. The number of nitrogens with one attached hydrogen (secondary N) is 1. The van der Waals surface area contributed by atoms with Crippen molar-refractivity contribution >= 4 is 17.6 Å². The van der Waals surface area contributed by atoms with E-state index < -0.39 is 24.0 Å². The molecule has 0 aromatic rings. The number of aliphatic carboxylic acids is 1. The van der Waals surface area contributed by atoms with Crippen LogP contribution < -0.4 is 5.32 Å². The molecule has 4 aliphatic rings. The highest BCUT2D eigenvalue weighted by atomic mass is 16.6. The van der Waals surface area contributed by atoms with Gasteiger partial charge in [0, 0.05) is 0 Å². The highest BCUT2D eigenvalue weighted by molar-refractivity contribution is 5.96. The predicted octanol–water partition coefficient (Wildman–Crippen LogP) is 3.27. The van der Waals surface area contributed by atoms with E-state index in [4.69, 9.17) is 9.94 Å². The lowest BCUT2D eigenvalue weighted by Crippen LogP contribution is -2.53. The van der Waals surface area contributed by atoms with Crippen LogP contribution in [0.4, 0.5) is 0 Å². The Labute approximate surface area is 184 Å². The molecule has 0 aliphatic heterocycles. The molecular weight excluding hydrogens is 396 g/mol. The van der Waals surface area contributed by atoms with Gasteiger partial charge in [-0.2, -0.15) is 0 Å². The number of carbonyl (C=O) groups is 2. The third-order valence-corrected chi connectivity index (χ3v) is 9.35. The second-order valence-electron chi connectivity index (χ2n) is 10.8. The molecule has 0 heterocycles. The van der Waals surface area contributed by atoms with Gasteiger partial charge in [0.1, 0.15) is 6.54 Å². The Morgan fingerprint density at radius 3 is 2.61 bits per heavy atom. The molecule has 0 aromatic heterocycles. The van der Waals surface area contributed by atoms with Crippen molar-refractivity contribution in [2.75, 3.05) is 13.2 Å². The average Bonchev–Trinajstić information content (AvgIpc) is 2.96. The van der Waals surface area contributed by atoms with Gasteiger partial charge in [0.15, 0.2) is 6.61 Å². The van der Waals surface area contributed by atoms with Crippen LogP contribution in [0.2, 0.25) is 0 Å². The van der Waals surface area contributed by atoms with Gasteiger partial charge in [-0.1, -0.05) is 24.6 Å². The number of aliphatic hydroxyl groups is 1. The molecule has 4 aliphatic carbocycles. The highest BCUT2D eigenvalue weighted by Crippen LogP contribution is 2.67. The Kier molecular flexibility index (Phi) is 5.69. The molecule has 0 unspecified atom stereocenters. The molecule has 172 valence electrons. The van der Waals surface area contributed by atoms with E-state index in [9.17, 15) is 14.7 Å². The van der Waals surface area contributed by atoms with Crippen molar-refractivity contribution < 1.29 is 24.6 Å². The van der Waals surface area contributed by atoms with Crippen LogP contribution in [0.5, 0.6) is 0 Å². The Balaban J connectivity index is 1.43. The minimum absolute atomic E-state index is 0.0437. The fourth-order valence-corrected chi connectivity index (χ4v) is 7.29. The molecule has 0 spiro atoms. The number of hydrogen-bond donors (Lipinski definition) is 3. The minimum Gasteiger partial charge on any atom is -0.480 e. The van der Waals surface area contributed by atoms with Crippen molar-refractivity contribution in [3.8, 4) is 0 Å². The fourth-order valence-electron chi connectivity index (χ4n) is 7.29. The summed E-state index contributed by atoms with van der Waals surface area (Å²) in [7, 11) is 0. The first-order valence-corrected chi connectivity index (χ1v) is 11.7. The number of carbonyl (C=O) groups excluding carboxylic acids is 1. The van der Waals surface area contributed by atoms with Crippen molar-refractivity contribution in [2.24, 2.45) is 33.7 Å². The summed E-state index contributed by atoms with van der Waals surface area (Å²) in [4.78, 5) is 27.3. The van der Waals surface area contributed by atoms with Gasteiger partial charge in [-0.25, -0.2) is 0 Å². The van der Waals surface area contributed by atoms with E-state index in [0.717, 1.165) is 44.2 Å². The van der Waals surface area contributed by atoms with Crippen LogP contribution in [-0.2, 0) is 14.4 Å². The molecule has 31 heavy (non-hydrogen) atoms. The van der Waals surface area contributed by atoms with Gasteiger partial charge in [0.25, 0.3) is 5.91 Å².